The lowest BCUT2D eigenvalue weighted by Gasteiger charge is -2.31. The van der Waals surface area contributed by atoms with Gasteiger partial charge >= 0.3 is 0 Å². The molecule has 0 saturated carbocycles. The van der Waals surface area contributed by atoms with Crippen molar-refractivity contribution in [3.05, 3.63) is 136 Å². The standard InChI is InChI=1S/C30H27ClFN3O2/c31-26-10-6-23(7-11-26)19-29(36)35(21-25-8-12-27(32)13-9-25)28(18-22-4-2-1-3-5-22)30(37)34-20-24-14-16-33-17-15-24/h1-17,28H,18-21H2,(H,34,37)/t28-/m0/s1. The Labute approximate surface area is 220 Å². The zero-order valence-corrected chi connectivity index (χ0v) is 20.9. The second kappa shape index (κ2) is 12.8. The monoisotopic (exact) mass is 515 g/mol. The van der Waals surface area contributed by atoms with Crippen LogP contribution >= 0.6 is 11.6 Å². The number of carbonyl (C=O) groups excluding carboxylic acids is 2. The normalized spacial score (nSPS) is 11.5. The molecule has 2 amide bonds. The molecule has 0 saturated heterocycles. The Morgan fingerprint density at radius 1 is 0.811 bits per heavy atom. The highest BCUT2D eigenvalue weighted by molar-refractivity contribution is 6.30. The number of rotatable bonds is 10. The van der Waals surface area contributed by atoms with Gasteiger partial charge in [0.25, 0.3) is 0 Å². The number of carbonyl (C=O) groups is 2. The molecule has 0 aliphatic carbocycles. The lowest BCUT2D eigenvalue weighted by atomic mass is 10.0. The van der Waals surface area contributed by atoms with E-state index in [2.05, 4.69) is 10.3 Å². The summed E-state index contributed by atoms with van der Waals surface area (Å²) in [4.78, 5) is 32.9. The lowest BCUT2D eigenvalue weighted by molar-refractivity contribution is -0.140. The maximum atomic E-state index is 13.7. The first kappa shape index (κ1) is 26.0. The second-order valence-electron chi connectivity index (χ2n) is 8.73. The van der Waals surface area contributed by atoms with E-state index in [1.165, 1.54) is 12.1 Å². The van der Waals surface area contributed by atoms with Crippen molar-refractivity contribution in [1.29, 1.82) is 0 Å². The molecule has 1 N–H and O–H groups in total. The number of hydrogen-bond donors (Lipinski definition) is 1. The summed E-state index contributed by atoms with van der Waals surface area (Å²) < 4.78 is 13.6. The third-order valence-electron chi connectivity index (χ3n) is 6.02. The molecule has 0 bridgehead atoms. The van der Waals surface area contributed by atoms with Crippen LogP contribution in [0.2, 0.25) is 5.02 Å². The molecule has 37 heavy (non-hydrogen) atoms. The predicted molar refractivity (Wildman–Crippen MR) is 142 cm³/mol. The Morgan fingerprint density at radius 2 is 1.46 bits per heavy atom. The molecule has 1 heterocycles. The molecule has 0 radical (unpaired) electrons. The van der Waals surface area contributed by atoms with E-state index in [0.29, 0.717) is 18.0 Å². The molecule has 4 rings (SSSR count). The average Bonchev–Trinajstić information content (AvgIpc) is 2.92. The maximum Gasteiger partial charge on any atom is 0.243 e. The molecular weight excluding hydrogens is 489 g/mol. The number of benzene rings is 3. The van der Waals surface area contributed by atoms with Gasteiger partial charge in [-0.1, -0.05) is 66.2 Å². The molecule has 0 unspecified atom stereocenters. The summed E-state index contributed by atoms with van der Waals surface area (Å²) in [6.07, 6.45) is 3.76. The lowest BCUT2D eigenvalue weighted by Crippen LogP contribution is -2.50. The highest BCUT2D eigenvalue weighted by Gasteiger charge is 2.30. The van der Waals surface area contributed by atoms with Crippen LogP contribution in [0.4, 0.5) is 4.39 Å². The van der Waals surface area contributed by atoms with E-state index in [4.69, 9.17) is 11.6 Å². The van der Waals surface area contributed by atoms with E-state index in [1.807, 2.05) is 42.5 Å². The van der Waals surface area contributed by atoms with Gasteiger partial charge in [-0.3, -0.25) is 14.6 Å². The average molecular weight is 516 g/mol. The van der Waals surface area contributed by atoms with Gasteiger partial charge in [0.15, 0.2) is 0 Å². The van der Waals surface area contributed by atoms with Gasteiger partial charge in [-0.2, -0.15) is 0 Å². The summed E-state index contributed by atoms with van der Waals surface area (Å²) in [6.45, 7) is 0.468. The van der Waals surface area contributed by atoms with E-state index in [0.717, 1.165) is 22.3 Å². The van der Waals surface area contributed by atoms with Crippen molar-refractivity contribution in [2.45, 2.75) is 32.0 Å². The van der Waals surface area contributed by atoms with Crippen LogP contribution in [0.5, 0.6) is 0 Å². The van der Waals surface area contributed by atoms with Crippen LogP contribution < -0.4 is 5.32 Å². The number of halogens is 2. The first-order chi connectivity index (χ1) is 18.0. The predicted octanol–water partition coefficient (Wildman–Crippen LogP) is 5.37. The summed E-state index contributed by atoms with van der Waals surface area (Å²) >= 11 is 6.02. The van der Waals surface area contributed by atoms with Gasteiger partial charge in [-0.15, -0.1) is 0 Å². The highest BCUT2D eigenvalue weighted by Crippen LogP contribution is 2.18. The van der Waals surface area contributed by atoms with Crippen LogP contribution in [0.25, 0.3) is 0 Å². The quantitative estimate of drug-likeness (QED) is 0.309. The van der Waals surface area contributed by atoms with Crippen LogP contribution in [-0.4, -0.2) is 27.7 Å². The van der Waals surface area contributed by atoms with Crippen molar-refractivity contribution >= 4 is 23.4 Å². The fraction of sp³-hybridized carbons (Fsp3) is 0.167. The molecule has 4 aromatic rings. The molecule has 0 fully saturated rings. The van der Waals surface area contributed by atoms with Crippen molar-refractivity contribution < 1.29 is 14.0 Å². The van der Waals surface area contributed by atoms with Gasteiger partial charge in [-0.05, 0) is 58.7 Å². The van der Waals surface area contributed by atoms with Crippen molar-refractivity contribution in [2.24, 2.45) is 0 Å². The molecule has 3 aromatic carbocycles. The van der Waals surface area contributed by atoms with E-state index in [9.17, 15) is 14.0 Å². The Kier molecular flexibility index (Phi) is 9.00. The van der Waals surface area contributed by atoms with Crippen LogP contribution in [-0.2, 0) is 35.5 Å². The number of nitrogens with one attached hydrogen (secondary N) is 1. The van der Waals surface area contributed by atoms with Gasteiger partial charge < -0.3 is 10.2 Å². The van der Waals surface area contributed by atoms with Crippen LogP contribution in [0.15, 0.2) is 103 Å². The molecule has 0 aliphatic heterocycles. The fourth-order valence-corrected chi connectivity index (χ4v) is 4.15. The van der Waals surface area contributed by atoms with Gasteiger partial charge in [0, 0.05) is 36.9 Å². The molecule has 1 aromatic heterocycles. The first-order valence-electron chi connectivity index (χ1n) is 12.0. The summed E-state index contributed by atoms with van der Waals surface area (Å²) in [5.41, 5.74) is 3.34. The number of hydrogen-bond acceptors (Lipinski definition) is 3. The van der Waals surface area contributed by atoms with E-state index >= 15 is 0 Å². The van der Waals surface area contributed by atoms with Gasteiger partial charge in [0.05, 0.1) is 6.42 Å². The van der Waals surface area contributed by atoms with Crippen molar-refractivity contribution in [2.75, 3.05) is 0 Å². The van der Waals surface area contributed by atoms with E-state index in [-0.39, 0.29) is 30.6 Å². The molecule has 1 atom stereocenters. The fourth-order valence-electron chi connectivity index (χ4n) is 4.03. The van der Waals surface area contributed by atoms with Gasteiger partial charge in [0.1, 0.15) is 11.9 Å². The number of nitrogens with zero attached hydrogens (tertiary/aromatic N) is 2. The van der Waals surface area contributed by atoms with Crippen LogP contribution in [0, 0.1) is 5.82 Å². The summed E-state index contributed by atoms with van der Waals surface area (Å²) in [5.74, 6) is -0.849. The highest BCUT2D eigenvalue weighted by atomic mass is 35.5. The third-order valence-corrected chi connectivity index (χ3v) is 6.27. The van der Waals surface area contributed by atoms with E-state index in [1.54, 1.807) is 53.7 Å². The Bertz CT molecular complexity index is 1300. The minimum absolute atomic E-state index is 0.0985. The van der Waals surface area contributed by atoms with Crippen LogP contribution in [0.1, 0.15) is 22.3 Å². The van der Waals surface area contributed by atoms with Gasteiger partial charge in [0.2, 0.25) is 11.8 Å². The van der Waals surface area contributed by atoms with Crippen molar-refractivity contribution in [3.63, 3.8) is 0 Å². The van der Waals surface area contributed by atoms with Gasteiger partial charge in [-0.25, -0.2) is 4.39 Å². The number of aromatic nitrogens is 1. The Morgan fingerprint density at radius 3 is 2.14 bits per heavy atom. The summed E-state index contributed by atoms with van der Waals surface area (Å²) in [6, 6.07) is 25.5. The maximum absolute atomic E-state index is 13.7. The largest absolute Gasteiger partial charge is 0.350 e. The number of pyridine rings is 1. The molecule has 5 nitrogen and oxygen atoms in total. The molecule has 7 heteroatoms. The first-order valence-corrected chi connectivity index (χ1v) is 12.3. The Balaban J connectivity index is 1.64. The smallest absolute Gasteiger partial charge is 0.243 e. The van der Waals surface area contributed by atoms with Crippen molar-refractivity contribution in [1.82, 2.24) is 15.2 Å². The summed E-state index contributed by atoms with van der Waals surface area (Å²) in [5, 5.41) is 3.56. The van der Waals surface area contributed by atoms with E-state index < -0.39 is 6.04 Å². The zero-order valence-electron chi connectivity index (χ0n) is 20.2. The molecular formula is C30H27ClFN3O2. The molecule has 0 aliphatic rings. The topological polar surface area (TPSA) is 62.3 Å². The third kappa shape index (κ3) is 7.72. The SMILES string of the molecule is O=C(NCc1ccncc1)[C@H](Cc1ccccc1)N(Cc1ccc(F)cc1)C(=O)Cc1ccc(Cl)cc1. The second-order valence-corrected chi connectivity index (χ2v) is 9.17. The number of amides is 2. The minimum Gasteiger partial charge on any atom is -0.350 e. The molecule has 0 spiro atoms. The molecule has 188 valence electrons. The zero-order chi connectivity index (χ0) is 26.0. The van der Waals surface area contributed by atoms with Crippen LogP contribution in [0.3, 0.4) is 0 Å². The summed E-state index contributed by atoms with van der Waals surface area (Å²) in [7, 11) is 0. The van der Waals surface area contributed by atoms with Crippen molar-refractivity contribution in [3.8, 4) is 0 Å². The minimum atomic E-state index is -0.783. The Hall–Kier alpha value is -4.03.